The highest BCUT2D eigenvalue weighted by Gasteiger charge is 2.18. The first-order valence-corrected chi connectivity index (χ1v) is 6.80. The van der Waals surface area contributed by atoms with Crippen LogP contribution in [0.4, 0.5) is 0 Å². The summed E-state index contributed by atoms with van der Waals surface area (Å²) < 4.78 is 2.36. The molecule has 2 heterocycles. The molecule has 3 nitrogen and oxygen atoms in total. The van der Waals surface area contributed by atoms with Crippen molar-refractivity contribution in [3.63, 3.8) is 0 Å². The van der Waals surface area contributed by atoms with E-state index < -0.39 is 0 Å². The summed E-state index contributed by atoms with van der Waals surface area (Å²) in [7, 11) is 0. The minimum Gasteiger partial charge on any atom is -0.318 e. The van der Waals surface area contributed by atoms with Gasteiger partial charge in [-0.15, -0.1) is 0 Å². The fraction of sp³-hybridized carbons (Fsp3) is 0.250. The van der Waals surface area contributed by atoms with E-state index in [0.717, 1.165) is 11.0 Å². The monoisotopic (exact) mass is 249 g/mol. The Morgan fingerprint density at radius 1 is 1.16 bits per heavy atom. The van der Waals surface area contributed by atoms with Crippen molar-refractivity contribution in [2.75, 3.05) is 0 Å². The smallest absolute Gasteiger partial charge is 0.144 e. The highest BCUT2D eigenvalue weighted by atomic mass is 15.1. The van der Waals surface area contributed by atoms with Crippen molar-refractivity contribution in [3.05, 3.63) is 48.9 Å². The molecule has 0 fully saturated rings. The molecule has 3 heteroatoms. The summed E-state index contributed by atoms with van der Waals surface area (Å²) >= 11 is 0. The van der Waals surface area contributed by atoms with Crippen LogP contribution in [-0.2, 0) is 0 Å². The maximum atomic E-state index is 4.51. The molecule has 1 atom stereocenters. The molecule has 0 aliphatic heterocycles. The molecule has 19 heavy (non-hydrogen) atoms. The Labute approximate surface area is 111 Å². The first-order chi connectivity index (χ1) is 9.45. The molecule has 2 aromatic heterocycles. The van der Waals surface area contributed by atoms with E-state index in [1.54, 1.807) is 6.33 Å². The number of aromatic nitrogens is 3. The van der Waals surface area contributed by atoms with Crippen LogP contribution in [0, 0.1) is 0 Å². The molecule has 0 N–H and O–H groups in total. The van der Waals surface area contributed by atoms with Crippen molar-refractivity contribution < 1.29 is 0 Å². The Morgan fingerprint density at radius 3 is 3.00 bits per heavy atom. The third-order valence-corrected chi connectivity index (χ3v) is 3.93. The van der Waals surface area contributed by atoms with E-state index in [-0.39, 0.29) is 0 Å². The molecule has 1 aliphatic rings. The van der Waals surface area contributed by atoms with Gasteiger partial charge in [-0.2, -0.15) is 0 Å². The molecule has 94 valence electrons. The molecule has 0 saturated carbocycles. The lowest BCUT2D eigenvalue weighted by Gasteiger charge is -2.20. The zero-order valence-corrected chi connectivity index (χ0v) is 10.7. The standard InChI is InChI=1S/C16H15N3/c1-2-6-12(7-3-1)19-15-9-5-4-8-13(15)14-10-17-11-18-16(14)19/h2,4-6,8-12H,1,3,7H2/t12-/m1/s1. The minimum absolute atomic E-state index is 0.422. The van der Waals surface area contributed by atoms with Crippen LogP contribution in [0.1, 0.15) is 25.3 Å². The van der Waals surface area contributed by atoms with Gasteiger partial charge in [-0.1, -0.05) is 30.4 Å². The Morgan fingerprint density at radius 2 is 2.11 bits per heavy atom. The Balaban J connectivity index is 2.10. The van der Waals surface area contributed by atoms with E-state index in [9.17, 15) is 0 Å². The predicted molar refractivity (Wildman–Crippen MR) is 77.1 cm³/mol. The van der Waals surface area contributed by atoms with Crippen molar-refractivity contribution in [2.24, 2.45) is 0 Å². The summed E-state index contributed by atoms with van der Waals surface area (Å²) in [5.74, 6) is 0. The number of nitrogens with zero attached hydrogens (tertiary/aromatic N) is 3. The first kappa shape index (κ1) is 10.7. The molecule has 0 bridgehead atoms. The Kier molecular flexibility index (Phi) is 2.37. The largest absolute Gasteiger partial charge is 0.318 e. The van der Waals surface area contributed by atoms with Crippen molar-refractivity contribution in [2.45, 2.75) is 25.3 Å². The van der Waals surface area contributed by atoms with Crippen molar-refractivity contribution in [3.8, 4) is 0 Å². The van der Waals surface area contributed by atoms with Crippen LogP contribution < -0.4 is 0 Å². The Hall–Kier alpha value is -2.16. The van der Waals surface area contributed by atoms with Crippen molar-refractivity contribution in [1.82, 2.24) is 14.5 Å². The molecule has 0 amide bonds. The third-order valence-electron chi connectivity index (χ3n) is 3.93. The lowest BCUT2D eigenvalue weighted by Crippen LogP contribution is -2.09. The van der Waals surface area contributed by atoms with Crippen LogP contribution in [0.25, 0.3) is 21.9 Å². The number of benzene rings is 1. The van der Waals surface area contributed by atoms with E-state index >= 15 is 0 Å². The predicted octanol–water partition coefficient (Wildman–Crippen LogP) is 3.87. The van der Waals surface area contributed by atoms with Crippen LogP contribution >= 0.6 is 0 Å². The van der Waals surface area contributed by atoms with E-state index in [1.807, 2.05) is 6.20 Å². The van der Waals surface area contributed by atoms with Crippen LogP contribution in [0.3, 0.4) is 0 Å². The van der Waals surface area contributed by atoms with Gasteiger partial charge >= 0.3 is 0 Å². The lowest BCUT2D eigenvalue weighted by molar-refractivity contribution is 0.539. The van der Waals surface area contributed by atoms with Gasteiger partial charge in [-0.05, 0) is 25.3 Å². The lowest BCUT2D eigenvalue weighted by atomic mass is 10.0. The van der Waals surface area contributed by atoms with Crippen molar-refractivity contribution >= 4 is 21.9 Å². The highest BCUT2D eigenvalue weighted by Crippen LogP contribution is 2.33. The summed E-state index contributed by atoms with van der Waals surface area (Å²) in [6.45, 7) is 0. The van der Waals surface area contributed by atoms with Gasteiger partial charge in [0.2, 0.25) is 0 Å². The number of rotatable bonds is 1. The van der Waals surface area contributed by atoms with Gasteiger partial charge in [-0.3, -0.25) is 0 Å². The molecule has 0 saturated heterocycles. The molecule has 1 aromatic carbocycles. The van der Waals surface area contributed by atoms with Gasteiger partial charge in [0.1, 0.15) is 12.0 Å². The highest BCUT2D eigenvalue weighted by molar-refractivity contribution is 6.06. The fourth-order valence-electron chi connectivity index (χ4n) is 3.08. The van der Waals surface area contributed by atoms with Gasteiger partial charge in [0, 0.05) is 17.0 Å². The second-order valence-corrected chi connectivity index (χ2v) is 5.07. The van der Waals surface area contributed by atoms with Crippen LogP contribution in [-0.4, -0.2) is 14.5 Å². The van der Waals surface area contributed by atoms with Crippen LogP contribution in [0.2, 0.25) is 0 Å². The average Bonchev–Trinajstić information content (AvgIpc) is 2.83. The van der Waals surface area contributed by atoms with Gasteiger partial charge in [0.25, 0.3) is 0 Å². The SMILES string of the molecule is C1=C[C@@H](n2c3ccccc3c3cncnc32)CCC1. The molecule has 0 unspecified atom stereocenters. The summed E-state index contributed by atoms with van der Waals surface area (Å²) in [6, 6.07) is 8.93. The van der Waals surface area contributed by atoms with Gasteiger partial charge < -0.3 is 4.57 Å². The first-order valence-electron chi connectivity index (χ1n) is 6.80. The van der Waals surface area contributed by atoms with Crippen molar-refractivity contribution in [1.29, 1.82) is 0 Å². The maximum Gasteiger partial charge on any atom is 0.144 e. The summed E-state index contributed by atoms with van der Waals surface area (Å²) in [5.41, 5.74) is 2.31. The minimum atomic E-state index is 0.422. The summed E-state index contributed by atoms with van der Waals surface area (Å²) in [5, 5.41) is 2.40. The molecule has 0 spiro atoms. The third kappa shape index (κ3) is 1.58. The number of allylic oxidation sites excluding steroid dienone is 2. The zero-order chi connectivity index (χ0) is 12.7. The molecule has 4 rings (SSSR count). The normalized spacial score (nSPS) is 19.3. The zero-order valence-electron chi connectivity index (χ0n) is 10.7. The maximum absolute atomic E-state index is 4.51. The number of hydrogen-bond acceptors (Lipinski definition) is 2. The summed E-state index contributed by atoms with van der Waals surface area (Å²) in [4.78, 5) is 8.69. The molecule has 0 radical (unpaired) electrons. The fourth-order valence-corrected chi connectivity index (χ4v) is 3.08. The number of fused-ring (bicyclic) bond motifs is 3. The molecular weight excluding hydrogens is 234 g/mol. The van der Waals surface area contributed by atoms with Gasteiger partial charge in [-0.25, -0.2) is 9.97 Å². The second-order valence-electron chi connectivity index (χ2n) is 5.07. The number of hydrogen-bond donors (Lipinski definition) is 0. The number of para-hydroxylation sites is 1. The van der Waals surface area contributed by atoms with E-state index in [4.69, 9.17) is 0 Å². The average molecular weight is 249 g/mol. The Bertz CT molecular complexity index is 717. The molecule has 1 aliphatic carbocycles. The molecule has 3 aromatic rings. The van der Waals surface area contributed by atoms with Crippen LogP contribution in [0.5, 0.6) is 0 Å². The van der Waals surface area contributed by atoms with E-state index in [1.165, 1.54) is 30.2 Å². The quantitative estimate of drug-likeness (QED) is 0.613. The molecular formula is C16H15N3. The van der Waals surface area contributed by atoms with Crippen LogP contribution in [0.15, 0.2) is 48.9 Å². The topological polar surface area (TPSA) is 30.7 Å². The van der Waals surface area contributed by atoms with E-state index in [2.05, 4.69) is 51.0 Å². The summed E-state index contributed by atoms with van der Waals surface area (Å²) in [6.07, 6.45) is 11.8. The van der Waals surface area contributed by atoms with Gasteiger partial charge in [0.15, 0.2) is 0 Å². The van der Waals surface area contributed by atoms with Gasteiger partial charge in [0.05, 0.1) is 11.6 Å². The van der Waals surface area contributed by atoms with E-state index in [0.29, 0.717) is 6.04 Å². The second kappa shape index (κ2) is 4.19.